The van der Waals surface area contributed by atoms with Crippen molar-refractivity contribution >= 4 is 35.1 Å². The Kier molecular flexibility index (Phi) is 5.91. The minimum Gasteiger partial charge on any atom is -0.466 e. The first-order chi connectivity index (χ1) is 11.3. The van der Waals surface area contributed by atoms with E-state index in [0.29, 0.717) is 27.1 Å². The molecule has 0 saturated carbocycles. The summed E-state index contributed by atoms with van der Waals surface area (Å²) in [6.07, 6.45) is 0. The molecule has 0 fully saturated rings. The van der Waals surface area contributed by atoms with E-state index in [1.165, 1.54) is 0 Å². The number of hydrogen-bond donors (Lipinski definition) is 1. The van der Waals surface area contributed by atoms with Gasteiger partial charge in [-0.1, -0.05) is 29.3 Å². The fourth-order valence-electron chi connectivity index (χ4n) is 2.19. The first kappa shape index (κ1) is 18.4. The first-order valence-electron chi connectivity index (χ1n) is 7.26. The predicted octanol–water partition coefficient (Wildman–Crippen LogP) is 4.24. The highest BCUT2D eigenvalue weighted by atomic mass is 35.5. The molecular formula is C17H17Cl2NO4. The van der Waals surface area contributed by atoms with Crippen LogP contribution in [0.1, 0.15) is 40.4 Å². The van der Waals surface area contributed by atoms with Gasteiger partial charge in [-0.15, -0.1) is 0 Å². The molecule has 0 bridgehead atoms. The number of benzene rings is 1. The van der Waals surface area contributed by atoms with Crippen LogP contribution < -0.4 is 5.32 Å². The Balaban J connectivity index is 1.89. The number of rotatable bonds is 5. The van der Waals surface area contributed by atoms with Gasteiger partial charge in [0.1, 0.15) is 17.1 Å². The minimum atomic E-state index is -0.596. The van der Waals surface area contributed by atoms with Gasteiger partial charge in [-0.2, -0.15) is 0 Å². The zero-order valence-electron chi connectivity index (χ0n) is 13.5. The topological polar surface area (TPSA) is 68.5 Å². The molecule has 2 rings (SSSR count). The Hall–Kier alpha value is -1.98. The molecule has 1 N–H and O–H groups in total. The zero-order chi connectivity index (χ0) is 17.9. The summed E-state index contributed by atoms with van der Waals surface area (Å²) < 4.78 is 10.3. The Labute approximate surface area is 149 Å². The van der Waals surface area contributed by atoms with Crippen LogP contribution in [0, 0.1) is 13.8 Å². The van der Waals surface area contributed by atoms with Gasteiger partial charge >= 0.3 is 5.97 Å². The van der Waals surface area contributed by atoms with Crippen LogP contribution in [0.2, 0.25) is 10.0 Å². The summed E-state index contributed by atoms with van der Waals surface area (Å²) in [5, 5.41) is 3.58. The second kappa shape index (κ2) is 7.73. The third-order valence-electron chi connectivity index (χ3n) is 3.42. The Morgan fingerprint density at radius 1 is 1.21 bits per heavy atom. The van der Waals surface area contributed by atoms with Gasteiger partial charge in [0, 0.05) is 0 Å². The van der Waals surface area contributed by atoms with E-state index in [4.69, 9.17) is 32.4 Å². The van der Waals surface area contributed by atoms with E-state index < -0.39 is 11.9 Å². The number of hydrogen-bond acceptors (Lipinski definition) is 4. The third kappa shape index (κ3) is 4.52. The number of aryl methyl sites for hydroxylation is 2. The van der Waals surface area contributed by atoms with Gasteiger partial charge in [-0.25, -0.2) is 4.79 Å². The smallest absolute Gasteiger partial charge is 0.342 e. The lowest BCUT2D eigenvalue weighted by Gasteiger charge is -2.15. The standard InChI is InChI=1S/C17H17Cl2NO4/c1-9-6-13(11(3)24-9)17(22)23-8-16(21)20-10(2)12-4-5-14(18)15(19)7-12/h4-7,10H,8H2,1-3H3,(H,20,21)/t10-/m1/s1. The van der Waals surface area contributed by atoms with E-state index in [2.05, 4.69) is 5.32 Å². The van der Waals surface area contributed by atoms with Crippen LogP contribution in [0.25, 0.3) is 0 Å². The summed E-state index contributed by atoms with van der Waals surface area (Å²) in [4.78, 5) is 23.9. The van der Waals surface area contributed by atoms with Crippen LogP contribution in [-0.2, 0) is 9.53 Å². The number of carbonyl (C=O) groups excluding carboxylic acids is 2. The van der Waals surface area contributed by atoms with Crippen LogP contribution in [0.15, 0.2) is 28.7 Å². The van der Waals surface area contributed by atoms with Gasteiger partial charge < -0.3 is 14.5 Å². The van der Waals surface area contributed by atoms with Crippen molar-refractivity contribution in [3.8, 4) is 0 Å². The molecule has 128 valence electrons. The Bertz CT molecular complexity index is 770. The highest BCUT2D eigenvalue weighted by molar-refractivity contribution is 6.42. The van der Waals surface area contributed by atoms with Crippen molar-refractivity contribution in [2.45, 2.75) is 26.8 Å². The molecule has 0 aliphatic carbocycles. The van der Waals surface area contributed by atoms with E-state index in [1.54, 1.807) is 45.0 Å². The van der Waals surface area contributed by atoms with Crippen LogP contribution in [0.3, 0.4) is 0 Å². The molecule has 0 spiro atoms. The van der Waals surface area contributed by atoms with Crippen molar-refractivity contribution in [1.82, 2.24) is 5.32 Å². The van der Waals surface area contributed by atoms with E-state index in [0.717, 1.165) is 5.56 Å². The van der Waals surface area contributed by atoms with Crippen molar-refractivity contribution in [1.29, 1.82) is 0 Å². The fourth-order valence-corrected chi connectivity index (χ4v) is 2.50. The second-order valence-corrected chi connectivity index (χ2v) is 6.18. The molecule has 1 heterocycles. The van der Waals surface area contributed by atoms with Crippen LogP contribution in [0.5, 0.6) is 0 Å². The molecule has 0 saturated heterocycles. The molecular weight excluding hydrogens is 353 g/mol. The third-order valence-corrected chi connectivity index (χ3v) is 4.16. The average molecular weight is 370 g/mol. The molecule has 1 aromatic heterocycles. The number of carbonyl (C=O) groups is 2. The number of halogens is 2. The van der Waals surface area contributed by atoms with Crippen LogP contribution in [0.4, 0.5) is 0 Å². The summed E-state index contributed by atoms with van der Waals surface area (Å²) in [6.45, 7) is 4.81. The van der Waals surface area contributed by atoms with E-state index >= 15 is 0 Å². The molecule has 1 aromatic carbocycles. The molecule has 0 unspecified atom stereocenters. The normalized spacial score (nSPS) is 11.9. The molecule has 24 heavy (non-hydrogen) atoms. The summed E-state index contributed by atoms with van der Waals surface area (Å²) in [5.41, 5.74) is 1.11. The lowest BCUT2D eigenvalue weighted by molar-refractivity contribution is -0.124. The first-order valence-corrected chi connectivity index (χ1v) is 8.02. The maximum Gasteiger partial charge on any atom is 0.342 e. The molecule has 0 aliphatic rings. The Morgan fingerprint density at radius 2 is 1.92 bits per heavy atom. The van der Waals surface area contributed by atoms with Gasteiger partial charge in [0.05, 0.1) is 16.1 Å². The van der Waals surface area contributed by atoms with Crippen LogP contribution in [-0.4, -0.2) is 18.5 Å². The number of nitrogens with one attached hydrogen (secondary N) is 1. The SMILES string of the molecule is Cc1cc(C(=O)OCC(=O)N[C@H](C)c2ccc(Cl)c(Cl)c2)c(C)o1. The highest BCUT2D eigenvalue weighted by Gasteiger charge is 2.17. The lowest BCUT2D eigenvalue weighted by Crippen LogP contribution is -2.31. The van der Waals surface area contributed by atoms with Crippen molar-refractivity contribution in [2.75, 3.05) is 6.61 Å². The number of ether oxygens (including phenoxy) is 1. The summed E-state index contributed by atoms with van der Waals surface area (Å²) in [6, 6.07) is 6.38. The lowest BCUT2D eigenvalue weighted by atomic mass is 10.1. The average Bonchev–Trinajstić information content (AvgIpc) is 2.86. The fraction of sp³-hybridized carbons (Fsp3) is 0.294. The monoisotopic (exact) mass is 369 g/mol. The molecule has 1 amide bonds. The number of amides is 1. The number of esters is 1. The molecule has 7 heteroatoms. The van der Waals surface area contributed by atoms with Crippen molar-refractivity contribution in [3.05, 3.63) is 57.0 Å². The zero-order valence-corrected chi connectivity index (χ0v) is 15.0. The molecule has 1 atom stereocenters. The summed E-state index contributed by atoms with van der Waals surface area (Å²) >= 11 is 11.8. The number of furan rings is 1. The van der Waals surface area contributed by atoms with Gasteiger partial charge in [-0.3, -0.25) is 4.79 Å². The quantitative estimate of drug-likeness (QED) is 0.800. The Morgan fingerprint density at radius 3 is 2.50 bits per heavy atom. The van der Waals surface area contributed by atoms with Gasteiger partial charge in [0.2, 0.25) is 0 Å². The van der Waals surface area contributed by atoms with Gasteiger partial charge in [0.25, 0.3) is 5.91 Å². The van der Waals surface area contributed by atoms with Gasteiger partial charge in [0.15, 0.2) is 6.61 Å². The summed E-state index contributed by atoms with van der Waals surface area (Å²) in [5.74, 6) is 0.0562. The van der Waals surface area contributed by atoms with E-state index in [9.17, 15) is 9.59 Å². The van der Waals surface area contributed by atoms with Gasteiger partial charge in [-0.05, 0) is 44.5 Å². The van der Waals surface area contributed by atoms with Crippen molar-refractivity contribution < 1.29 is 18.7 Å². The van der Waals surface area contributed by atoms with E-state index in [1.807, 2.05) is 0 Å². The van der Waals surface area contributed by atoms with Crippen molar-refractivity contribution in [3.63, 3.8) is 0 Å². The summed E-state index contributed by atoms with van der Waals surface area (Å²) in [7, 11) is 0. The second-order valence-electron chi connectivity index (χ2n) is 5.37. The molecule has 0 radical (unpaired) electrons. The predicted molar refractivity (Wildman–Crippen MR) is 91.5 cm³/mol. The largest absolute Gasteiger partial charge is 0.466 e. The molecule has 2 aromatic rings. The molecule has 5 nitrogen and oxygen atoms in total. The highest BCUT2D eigenvalue weighted by Crippen LogP contribution is 2.25. The van der Waals surface area contributed by atoms with E-state index in [-0.39, 0.29) is 12.6 Å². The van der Waals surface area contributed by atoms with Crippen molar-refractivity contribution in [2.24, 2.45) is 0 Å². The maximum absolute atomic E-state index is 11.9. The maximum atomic E-state index is 11.9. The van der Waals surface area contributed by atoms with Crippen LogP contribution >= 0.6 is 23.2 Å². The minimum absolute atomic E-state index is 0.302. The molecule has 0 aliphatic heterocycles.